The van der Waals surface area contributed by atoms with Crippen LogP contribution in [0.15, 0.2) is 0 Å². The second-order valence-electron chi connectivity index (χ2n) is 7.60. The summed E-state index contributed by atoms with van der Waals surface area (Å²) in [6.45, 7) is 6.12. The van der Waals surface area contributed by atoms with Crippen molar-refractivity contribution in [3.63, 3.8) is 0 Å². The molecule has 0 saturated heterocycles. The van der Waals surface area contributed by atoms with E-state index in [2.05, 4.69) is 6.92 Å². The van der Waals surface area contributed by atoms with E-state index in [-0.39, 0.29) is 5.48 Å². The van der Waals surface area contributed by atoms with Gasteiger partial charge in [0.05, 0.1) is 7.14 Å². The van der Waals surface area contributed by atoms with Crippen LogP contribution in [-0.2, 0) is 4.57 Å². The number of hydrogen-bond acceptors (Lipinski definition) is 1. The molecule has 0 aliphatic heterocycles. The zero-order chi connectivity index (χ0) is 16.5. The van der Waals surface area contributed by atoms with Gasteiger partial charge >= 0.3 is 0 Å². The van der Waals surface area contributed by atoms with Crippen molar-refractivity contribution in [1.29, 1.82) is 0 Å². The zero-order valence-electron chi connectivity index (χ0n) is 16.4. The largest absolute Gasteiger partial charge is 0.412 e. The maximum atomic E-state index is 11.6. The summed E-state index contributed by atoms with van der Waals surface area (Å²) in [6, 6.07) is 0. The summed E-state index contributed by atoms with van der Waals surface area (Å²) in [5.74, 6) is 0. The fourth-order valence-corrected chi connectivity index (χ4v) is 4.03. The highest BCUT2D eigenvalue weighted by Gasteiger charge is 2.05. The van der Waals surface area contributed by atoms with Crippen LogP contribution in [0.1, 0.15) is 110 Å². The van der Waals surface area contributed by atoms with Crippen molar-refractivity contribution in [2.24, 2.45) is 0 Å². The topological polar surface area (TPSA) is 48.6 Å². The Labute approximate surface area is 146 Å². The highest BCUT2D eigenvalue weighted by molar-refractivity contribution is 7.62. The highest BCUT2D eigenvalue weighted by Crippen LogP contribution is 2.36. The second-order valence-corrected chi connectivity index (χ2v) is 11.2. The summed E-state index contributed by atoms with van der Waals surface area (Å²) >= 11 is 0. The van der Waals surface area contributed by atoms with Crippen molar-refractivity contribution in [3.8, 4) is 0 Å². The molecule has 0 aromatic heterocycles. The molecule has 0 amide bonds. The molecule has 2 N–H and O–H groups in total. The first-order valence-corrected chi connectivity index (χ1v) is 12.9. The van der Waals surface area contributed by atoms with E-state index in [9.17, 15) is 4.57 Å². The Morgan fingerprint density at radius 1 is 0.522 bits per heavy atom. The third-order valence-corrected chi connectivity index (χ3v) is 5.94. The Morgan fingerprint density at radius 3 is 1.04 bits per heavy atom. The molecule has 0 bridgehead atoms. The average Bonchev–Trinajstić information content (AvgIpc) is 2.45. The van der Waals surface area contributed by atoms with Crippen LogP contribution in [0.4, 0.5) is 0 Å². The maximum absolute atomic E-state index is 11.6. The van der Waals surface area contributed by atoms with Crippen molar-refractivity contribution >= 4 is 7.14 Å². The minimum atomic E-state index is -1.75. The van der Waals surface area contributed by atoms with E-state index >= 15 is 0 Å². The van der Waals surface area contributed by atoms with Gasteiger partial charge < -0.3 is 10.0 Å². The molecule has 0 heterocycles. The second kappa shape index (κ2) is 18.5. The molecule has 142 valence electrons. The molecule has 23 heavy (non-hydrogen) atoms. The molecule has 0 aromatic rings. The van der Waals surface area contributed by atoms with Crippen LogP contribution in [0.2, 0.25) is 0 Å². The molecule has 0 saturated carbocycles. The van der Waals surface area contributed by atoms with E-state index in [4.69, 9.17) is 0 Å². The van der Waals surface area contributed by atoms with Gasteiger partial charge in [-0.1, -0.05) is 103 Å². The maximum Gasteiger partial charge on any atom is 0.0819 e. The summed E-state index contributed by atoms with van der Waals surface area (Å²) in [4.78, 5) is 0. The van der Waals surface area contributed by atoms with Crippen molar-refractivity contribution in [2.45, 2.75) is 110 Å². The normalized spacial score (nSPS) is 11.4. The highest BCUT2D eigenvalue weighted by atomic mass is 31.2. The minimum absolute atomic E-state index is 0. The molecule has 0 rings (SSSR count). The van der Waals surface area contributed by atoms with Gasteiger partial charge in [0, 0.05) is 6.16 Å². The first-order chi connectivity index (χ1) is 10.6. The van der Waals surface area contributed by atoms with Crippen LogP contribution in [-0.4, -0.2) is 25.0 Å². The quantitative estimate of drug-likeness (QED) is 0.205. The van der Waals surface area contributed by atoms with Gasteiger partial charge in [-0.15, -0.1) is 0 Å². The number of hydrogen-bond donors (Lipinski definition) is 0. The molecule has 0 radical (unpaired) electrons. The Balaban J connectivity index is 0. The Bertz CT molecular complexity index is 260. The summed E-state index contributed by atoms with van der Waals surface area (Å²) in [7, 11) is -1.75. The predicted octanol–water partition coefficient (Wildman–Crippen LogP) is 7.05. The van der Waals surface area contributed by atoms with Crippen molar-refractivity contribution in [3.05, 3.63) is 0 Å². The molecule has 0 aliphatic rings. The van der Waals surface area contributed by atoms with Gasteiger partial charge in [-0.3, -0.25) is 0 Å². The molecule has 0 aromatic carbocycles. The lowest BCUT2D eigenvalue weighted by molar-refractivity contribution is 0.531. The molecule has 3 heteroatoms. The fraction of sp³-hybridized carbons (Fsp3) is 1.00. The molecule has 0 atom stereocenters. The van der Waals surface area contributed by atoms with Gasteiger partial charge in [0.1, 0.15) is 0 Å². The number of unbranched alkanes of at least 4 members (excludes halogenated alkanes) is 15. The molecule has 0 unspecified atom stereocenters. The molecule has 0 spiro atoms. The monoisotopic (exact) mass is 348 g/mol. The SMILES string of the molecule is CCCCCCCCCCCCCCCCCCP(C)(C)=O.O. The van der Waals surface area contributed by atoms with Crippen LogP contribution in [0.5, 0.6) is 0 Å². The third kappa shape index (κ3) is 24.6. The van der Waals surface area contributed by atoms with E-state index in [1.54, 1.807) is 0 Å². The van der Waals surface area contributed by atoms with E-state index in [1.807, 2.05) is 13.3 Å². The van der Waals surface area contributed by atoms with E-state index < -0.39 is 7.14 Å². The average molecular weight is 349 g/mol. The van der Waals surface area contributed by atoms with Gasteiger partial charge in [-0.2, -0.15) is 0 Å². The summed E-state index contributed by atoms with van der Waals surface area (Å²) in [5, 5.41) is 0. The van der Waals surface area contributed by atoms with Crippen molar-refractivity contribution in [1.82, 2.24) is 0 Å². The van der Waals surface area contributed by atoms with E-state index in [0.29, 0.717) is 0 Å². The zero-order valence-corrected chi connectivity index (χ0v) is 17.3. The van der Waals surface area contributed by atoms with E-state index in [0.717, 1.165) is 6.16 Å². The Kier molecular flexibility index (Phi) is 20.5. The van der Waals surface area contributed by atoms with Gasteiger partial charge in [0.25, 0.3) is 0 Å². The molecular weight excluding hydrogens is 303 g/mol. The van der Waals surface area contributed by atoms with Gasteiger partial charge in [0.2, 0.25) is 0 Å². The first-order valence-electron chi connectivity index (χ1n) is 10.1. The lowest BCUT2D eigenvalue weighted by Gasteiger charge is -2.06. The van der Waals surface area contributed by atoms with Crippen LogP contribution < -0.4 is 0 Å². The van der Waals surface area contributed by atoms with Gasteiger partial charge in [0.15, 0.2) is 0 Å². The third-order valence-electron chi connectivity index (χ3n) is 4.55. The Morgan fingerprint density at radius 2 is 0.783 bits per heavy atom. The molecular formula is C20H45O2P. The summed E-state index contributed by atoms with van der Waals surface area (Å²) in [6.07, 6.45) is 23.4. The van der Waals surface area contributed by atoms with Crippen LogP contribution in [0, 0.1) is 0 Å². The minimum Gasteiger partial charge on any atom is -0.412 e. The lowest BCUT2D eigenvalue weighted by Crippen LogP contribution is -1.87. The van der Waals surface area contributed by atoms with Gasteiger partial charge in [-0.05, 0) is 19.8 Å². The van der Waals surface area contributed by atoms with Crippen LogP contribution in [0.3, 0.4) is 0 Å². The first kappa shape index (κ1) is 25.4. The number of rotatable bonds is 17. The summed E-state index contributed by atoms with van der Waals surface area (Å²) < 4.78 is 11.6. The standard InChI is InChI=1S/C20H43OP.H2O/c1-4-5-6-7-8-9-10-11-12-13-14-15-16-17-18-19-20-22(2,3)21;/h4-20H2,1-3H3;1H2. The Hall–Kier alpha value is 0.190. The molecule has 2 nitrogen and oxygen atoms in total. The van der Waals surface area contributed by atoms with Crippen molar-refractivity contribution in [2.75, 3.05) is 19.5 Å². The van der Waals surface area contributed by atoms with E-state index in [1.165, 1.54) is 103 Å². The fourth-order valence-electron chi connectivity index (χ4n) is 3.04. The summed E-state index contributed by atoms with van der Waals surface area (Å²) in [5.41, 5.74) is 0. The smallest absolute Gasteiger partial charge is 0.0819 e. The van der Waals surface area contributed by atoms with Crippen LogP contribution in [0.25, 0.3) is 0 Å². The molecule has 0 aliphatic carbocycles. The van der Waals surface area contributed by atoms with Crippen LogP contribution >= 0.6 is 7.14 Å². The van der Waals surface area contributed by atoms with Crippen molar-refractivity contribution < 1.29 is 10.0 Å². The predicted molar refractivity (Wildman–Crippen MR) is 107 cm³/mol. The lowest BCUT2D eigenvalue weighted by atomic mass is 10.0. The molecule has 0 fully saturated rings. The van der Waals surface area contributed by atoms with Gasteiger partial charge in [-0.25, -0.2) is 0 Å².